The molecule has 1 fully saturated rings. The Morgan fingerprint density at radius 2 is 0.750 bits per heavy atom. The van der Waals surface area contributed by atoms with E-state index in [0.717, 1.165) is 0 Å². The van der Waals surface area contributed by atoms with E-state index in [9.17, 15) is 19.2 Å². The molecule has 0 atom stereocenters. The second-order valence-corrected chi connectivity index (χ2v) is 12.2. The standard InChI is InChI=1S/C22H48N.C9H10O8/c1-5-7-9-11-13-15-17-19-21-23(3,4)22-20-18-16-14-12-10-8-6-2;10-4(11)8(5(12)13)2-1-3-9(8,6(14)15)7(16)17/h5-22H2,1-4H3;1-3H2,(H,10,11)(H,12,13)(H,14,15)(H,16,17)/q+1;. The first kappa shape index (κ1) is 37.8. The van der Waals surface area contributed by atoms with E-state index in [4.69, 9.17) is 20.4 Å². The molecule has 9 nitrogen and oxygen atoms in total. The minimum absolute atomic E-state index is 0.0861. The van der Waals surface area contributed by atoms with Crippen LogP contribution in [0.3, 0.4) is 0 Å². The first-order valence-corrected chi connectivity index (χ1v) is 15.6. The van der Waals surface area contributed by atoms with E-state index in [1.807, 2.05) is 0 Å². The van der Waals surface area contributed by atoms with E-state index in [0.29, 0.717) is 0 Å². The van der Waals surface area contributed by atoms with Crippen molar-refractivity contribution < 1.29 is 44.1 Å². The number of carboxylic acids is 4. The minimum Gasteiger partial charge on any atom is -0.480 e. The van der Waals surface area contributed by atoms with Crippen LogP contribution in [0.1, 0.15) is 136 Å². The van der Waals surface area contributed by atoms with E-state index in [2.05, 4.69) is 27.9 Å². The van der Waals surface area contributed by atoms with Gasteiger partial charge in [-0.05, 0) is 44.9 Å². The number of nitrogens with zero attached hydrogens (tertiary/aromatic N) is 1. The molecule has 0 heterocycles. The predicted molar refractivity (Wildman–Crippen MR) is 156 cm³/mol. The van der Waals surface area contributed by atoms with Crippen molar-refractivity contribution in [1.82, 2.24) is 0 Å². The maximum atomic E-state index is 11.1. The van der Waals surface area contributed by atoms with Gasteiger partial charge >= 0.3 is 23.9 Å². The lowest BCUT2D eigenvalue weighted by atomic mass is 9.65. The Kier molecular flexibility index (Phi) is 18.8. The highest BCUT2D eigenvalue weighted by Gasteiger charge is 2.73. The zero-order chi connectivity index (χ0) is 30.7. The van der Waals surface area contributed by atoms with Crippen LogP contribution in [0.25, 0.3) is 0 Å². The molecular formula is C31H58NO8+. The molecule has 0 spiro atoms. The van der Waals surface area contributed by atoms with Crippen LogP contribution in [0.4, 0.5) is 0 Å². The summed E-state index contributed by atoms with van der Waals surface area (Å²) < 4.78 is 1.24. The normalized spacial score (nSPS) is 15.7. The van der Waals surface area contributed by atoms with Crippen LogP contribution in [-0.4, -0.2) is 76.0 Å². The van der Waals surface area contributed by atoms with Gasteiger partial charge < -0.3 is 24.9 Å². The average molecular weight is 573 g/mol. The smallest absolute Gasteiger partial charge is 0.322 e. The van der Waals surface area contributed by atoms with Gasteiger partial charge in [0.05, 0.1) is 27.2 Å². The third kappa shape index (κ3) is 11.8. The zero-order valence-electron chi connectivity index (χ0n) is 25.7. The third-order valence-electron chi connectivity index (χ3n) is 8.53. The molecule has 0 aliphatic heterocycles. The number of hydrogen-bond acceptors (Lipinski definition) is 4. The van der Waals surface area contributed by atoms with Gasteiger partial charge in [0, 0.05) is 0 Å². The number of quaternary nitrogens is 1. The lowest BCUT2D eigenvalue weighted by Gasteiger charge is -2.32. The lowest BCUT2D eigenvalue weighted by Crippen LogP contribution is -2.57. The summed E-state index contributed by atoms with van der Waals surface area (Å²) in [7, 11) is 4.87. The van der Waals surface area contributed by atoms with Gasteiger partial charge in [0.1, 0.15) is 0 Å². The van der Waals surface area contributed by atoms with Crippen molar-refractivity contribution in [2.75, 3.05) is 27.2 Å². The molecule has 0 aromatic rings. The summed E-state index contributed by atoms with van der Waals surface area (Å²) in [5, 5.41) is 35.8. The number of hydrogen-bond donors (Lipinski definition) is 4. The van der Waals surface area contributed by atoms with E-state index >= 15 is 0 Å². The topological polar surface area (TPSA) is 149 Å². The Hall–Kier alpha value is -2.16. The van der Waals surface area contributed by atoms with Crippen LogP contribution in [0.2, 0.25) is 0 Å². The third-order valence-corrected chi connectivity index (χ3v) is 8.53. The zero-order valence-corrected chi connectivity index (χ0v) is 25.7. The summed E-state index contributed by atoms with van der Waals surface area (Å²) in [6, 6.07) is 0. The number of aliphatic carboxylic acids is 4. The predicted octanol–water partition coefficient (Wildman–Crippen LogP) is 6.83. The first-order valence-electron chi connectivity index (χ1n) is 15.6. The van der Waals surface area contributed by atoms with Gasteiger partial charge in [-0.1, -0.05) is 90.9 Å². The van der Waals surface area contributed by atoms with Gasteiger partial charge in [-0.15, -0.1) is 0 Å². The van der Waals surface area contributed by atoms with Crippen molar-refractivity contribution in [2.24, 2.45) is 10.8 Å². The van der Waals surface area contributed by atoms with Crippen molar-refractivity contribution in [3.8, 4) is 0 Å². The molecule has 9 heteroatoms. The summed E-state index contributed by atoms with van der Waals surface area (Å²) in [6.45, 7) is 7.36. The summed E-state index contributed by atoms with van der Waals surface area (Å²) in [5.74, 6) is -7.75. The number of unbranched alkanes of at least 4 members (excludes halogenated alkanes) is 14. The van der Waals surface area contributed by atoms with Crippen LogP contribution in [-0.2, 0) is 19.2 Å². The van der Waals surface area contributed by atoms with Gasteiger partial charge in [0.2, 0.25) is 0 Å². The summed E-state index contributed by atoms with van der Waals surface area (Å²) in [6.07, 6.45) is 21.9. The Morgan fingerprint density at radius 3 is 1.00 bits per heavy atom. The molecule has 1 rings (SSSR count). The summed E-state index contributed by atoms with van der Waals surface area (Å²) in [4.78, 5) is 44.3. The molecule has 40 heavy (non-hydrogen) atoms. The molecule has 1 aliphatic rings. The second kappa shape index (κ2) is 19.8. The molecule has 0 aromatic carbocycles. The molecule has 0 amide bonds. The fourth-order valence-electron chi connectivity index (χ4n) is 5.85. The van der Waals surface area contributed by atoms with Crippen LogP contribution in [0, 0.1) is 10.8 Å². The Labute approximate surface area is 241 Å². The minimum atomic E-state index is -2.81. The highest BCUT2D eigenvalue weighted by molar-refractivity contribution is 6.13. The number of rotatable bonds is 22. The number of carbonyl (C=O) groups is 4. The Bertz CT molecular complexity index is 676. The molecule has 234 valence electrons. The van der Waals surface area contributed by atoms with Crippen LogP contribution < -0.4 is 0 Å². The van der Waals surface area contributed by atoms with E-state index in [1.165, 1.54) is 120 Å². The molecular weight excluding hydrogens is 514 g/mol. The van der Waals surface area contributed by atoms with Gasteiger partial charge in [-0.3, -0.25) is 19.2 Å². The lowest BCUT2D eigenvalue weighted by molar-refractivity contribution is -0.890. The van der Waals surface area contributed by atoms with Gasteiger partial charge in [-0.2, -0.15) is 0 Å². The van der Waals surface area contributed by atoms with Gasteiger partial charge in [0.25, 0.3) is 0 Å². The Morgan fingerprint density at radius 1 is 0.500 bits per heavy atom. The van der Waals surface area contributed by atoms with Crippen molar-refractivity contribution in [2.45, 2.75) is 136 Å². The van der Waals surface area contributed by atoms with Crippen molar-refractivity contribution >= 4 is 23.9 Å². The van der Waals surface area contributed by atoms with Crippen molar-refractivity contribution in [1.29, 1.82) is 0 Å². The molecule has 0 aromatic heterocycles. The van der Waals surface area contributed by atoms with Crippen molar-refractivity contribution in [3.63, 3.8) is 0 Å². The molecule has 0 unspecified atom stereocenters. The van der Waals surface area contributed by atoms with Gasteiger partial charge in [0.15, 0.2) is 10.8 Å². The fourth-order valence-corrected chi connectivity index (χ4v) is 5.85. The van der Waals surface area contributed by atoms with Crippen LogP contribution >= 0.6 is 0 Å². The largest absolute Gasteiger partial charge is 0.480 e. The molecule has 4 N–H and O–H groups in total. The van der Waals surface area contributed by atoms with Crippen molar-refractivity contribution in [3.05, 3.63) is 0 Å². The van der Waals surface area contributed by atoms with Gasteiger partial charge in [-0.25, -0.2) is 0 Å². The number of carboxylic acid groups (broad SMARTS) is 4. The van der Waals surface area contributed by atoms with Crippen LogP contribution in [0.5, 0.6) is 0 Å². The van der Waals surface area contributed by atoms with E-state index in [-0.39, 0.29) is 6.42 Å². The molecule has 0 bridgehead atoms. The van der Waals surface area contributed by atoms with Crippen LogP contribution in [0.15, 0.2) is 0 Å². The fraction of sp³-hybridized carbons (Fsp3) is 0.871. The van der Waals surface area contributed by atoms with E-state index in [1.54, 1.807) is 0 Å². The quantitative estimate of drug-likeness (QED) is 0.0627. The molecule has 0 radical (unpaired) electrons. The van der Waals surface area contributed by atoms with E-state index < -0.39 is 47.5 Å². The summed E-state index contributed by atoms with van der Waals surface area (Å²) in [5.41, 5.74) is -5.63. The molecule has 1 saturated carbocycles. The molecule has 1 aliphatic carbocycles. The maximum absolute atomic E-state index is 11.1. The second-order valence-electron chi connectivity index (χ2n) is 12.2. The highest BCUT2D eigenvalue weighted by atomic mass is 16.4. The SMILES string of the molecule is CCCCCCCCCC[N+](C)(C)CCCCCCCCCC.O=C(O)C1(C(=O)O)CCCC1(C(=O)O)C(=O)O. The summed E-state index contributed by atoms with van der Waals surface area (Å²) >= 11 is 0. The first-order chi connectivity index (χ1) is 18.9. The average Bonchev–Trinajstić information content (AvgIpc) is 3.31. The molecule has 0 saturated heterocycles. The Balaban J connectivity index is 0.000000793. The highest BCUT2D eigenvalue weighted by Crippen LogP contribution is 2.54. The maximum Gasteiger partial charge on any atom is 0.322 e. The monoisotopic (exact) mass is 572 g/mol.